The first-order chi connectivity index (χ1) is 18.9. The number of benzene rings is 3. The Morgan fingerprint density at radius 2 is 1.54 bits per heavy atom. The molecule has 0 spiro atoms. The van der Waals surface area contributed by atoms with Crippen LogP contribution >= 0.6 is 11.6 Å². The van der Waals surface area contributed by atoms with Crippen molar-refractivity contribution in [3.05, 3.63) is 101 Å². The molecule has 0 aliphatic heterocycles. The summed E-state index contributed by atoms with van der Waals surface area (Å²) in [6.45, 7) is 3.59. The Morgan fingerprint density at radius 3 is 2.26 bits per heavy atom. The molecular weight excluding hydrogens is 516 g/mol. The van der Waals surface area contributed by atoms with Gasteiger partial charge in [0.2, 0.25) is 5.95 Å². The number of anilines is 5. The van der Waals surface area contributed by atoms with Gasteiger partial charge in [0.1, 0.15) is 28.6 Å². The molecule has 9 nitrogen and oxygen atoms in total. The Labute approximate surface area is 230 Å². The highest BCUT2D eigenvalue weighted by Crippen LogP contribution is 2.31. The van der Waals surface area contributed by atoms with E-state index in [9.17, 15) is 4.79 Å². The van der Waals surface area contributed by atoms with E-state index < -0.39 is 0 Å². The highest BCUT2D eigenvalue weighted by molar-refractivity contribution is 6.33. The van der Waals surface area contributed by atoms with Crippen LogP contribution < -0.4 is 20.7 Å². The van der Waals surface area contributed by atoms with Gasteiger partial charge in [-0.05, 0) is 68.4 Å². The lowest BCUT2D eigenvalue weighted by Gasteiger charge is -2.11. The van der Waals surface area contributed by atoms with Gasteiger partial charge in [-0.3, -0.25) is 4.79 Å². The molecule has 5 rings (SSSR count). The number of aryl methyl sites for hydroxylation is 2. The van der Waals surface area contributed by atoms with Gasteiger partial charge in [0.15, 0.2) is 0 Å². The summed E-state index contributed by atoms with van der Waals surface area (Å²) in [4.78, 5) is 22.2. The van der Waals surface area contributed by atoms with Gasteiger partial charge >= 0.3 is 0 Å². The molecule has 0 bridgehead atoms. The van der Waals surface area contributed by atoms with E-state index in [1.807, 2.05) is 61.5 Å². The van der Waals surface area contributed by atoms with Crippen molar-refractivity contribution in [1.82, 2.24) is 15.1 Å². The monoisotopic (exact) mass is 540 g/mol. The topological polar surface area (TPSA) is 114 Å². The third-order valence-corrected chi connectivity index (χ3v) is 6.16. The van der Waals surface area contributed by atoms with Crippen LogP contribution in [0.15, 0.2) is 83.4 Å². The van der Waals surface area contributed by atoms with Crippen molar-refractivity contribution in [1.29, 1.82) is 0 Å². The predicted molar refractivity (Wildman–Crippen MR) is 152 cm³/mol. The molecule has 5 aromatic rings. The Morgan fingerprint density at radius 1 is 0.872 bits per heavy atom. The van der Waals surface area contributed by atoms with Crippen LogP contribution in [0.4, 0.5) is 28.8 Å². The molecular formula is C29H25ClN6O3. The Balaban J connectivity index is 1.28. The van der Waals surface area contributed by atoms with Crippen molar-refractivity contribution in [3.8, 4) is 17.0 Å². The largest absolute Gasteiger partial charge is 0.497 e. The van der Waals surface area contributed by atoms with Gasteiger partial charge in [-0.15, -0.1) is 0 Å². The third-order valence-electron chi connectivity index (χ3n) is 5.83. The molecule has 0 atom stereocenters. The zero-order valence-electron chi connectivity index (χ0n) is 21.4. The van der Waals surface area contributed by atoms with Crippen LogP contribution in [-0.4, -0.2) is 28.1 Å². The lowest BCUT2D eigenvalue weighted by Crippen LogP contribution is -2.13. The van der Waals surface area contributed by atoms with Gasteiger partial charge in [0.05, 0.1) is 12.1 Å². The predicted octanol–water partition coefficient (Wildman–Crippen LogP) is 7.15. The summed E-state index contributed by atoms with van der Waals surface area (Å²) < 4.78 is 10.5. The number of carbonyl (C=O) groups excluding carboxylic acids is 1. The Hall–Kier alpha value is -4.89. The Bertz CT molecular complexity index is 1620. The fourth-order valence-electron chi connectivity index (χ4n) is 3.95. The summed E-state index contributed by atoms with van der Waals surface area (Å²) in [5.41, 5.74) is 4.38. The van der Waals surface area contributed by atoms with Gasteiger partial charge in [-0.2, -0.15) is 4.98 Å². The SMILES string of the molecule is COc1ccc(Nc2cc(C)nc(Nc3ccc(NC(=O)c4c(-c5ccccc5Cl)noc4C)cc3)n2)cc1. The number of aromatic nitrogens is 3. The number of hydrogen-bond acceptors (Lipinski definition) is 8. The molecule has 0 saturated heterocycles. The highest BCUT2D eigenvalue weighted by atomic mass is 35.5. The quantitative estimate of drug-likeness (QED) is 0.190. The normalized spacial score (nSPS) is 10.7. The minimum atomic E-state index is -0.347. The van der Waals surface area contributed by atoms with Crippen molar-refractivity contribution in [2.24, 2.45) is 0 Å². The summed E-state index contributed by atoms with van der Waals surface area (Å²) in [5, 5.41) is 13.9. The first-order valence-electron chi connectivity index (χ1n) is 12.1. The molecule has 0 fully saturated rings. The van der Waals surface area contributed by atoms with Crippen LogP contribution in [0.2, 0.25) is 5.02 Å². The molecule has 3 aromatic carbocycles. The number of nitrogens with one attached hydrogen (secondary N) is 3. The zero-order valence-corrected chi connectivity index (χ0v) is 22.2. The maximum Gasteiger partial charge on any atom is 0.261 e. The Kier molecular flexibility index (Phi) is 7.42. The summed E-state index contributed by atoms with van der Waals surface area (Å²) >= 11 is 6.32. The molecule has 0 aliphatic rings. The fourth-order valence-corrected chi connectivity index (χ4v) is 4.17. The van der Waals surface area contributed by atoms with Gasteiger partial charge in [-0.1, -0.05) is 35.0 Å². The van der Waals surface area contributed by atoms with Gasteiger partial charge < -0.3 is 25.2 Å². The van der Waals surface area contributed by atoms with Crippen molar-refractivity contribution >= 4 is 46.3 Å². The number of nitrogens with zero attached hydrogens (tertiary/aromatic N) is 3. The first-order valence-corrected chi connectivity index (χ1v) is 12.4. The van der Waals surface area contributed by atoms with E-state index in [0.717, 1.165) is 22.8 Å². The van der Waals surface area contributed by atoms with Gasteiger partial charge in [-0.25, -0.2) is 4.98 Å². The summed E-state index contributed by atoms with van der Waals surface area (Å²) in [6, 6.07) is 23.8. The second kappa shape index (κ2) is 11.2. The molecule has 0 saturated carbocycles. The van der Waals surface area contributed by atoms with Crippen molar-refractivity contribution in [2.75, 3.05) is 23.1 Å². The lowest BCUT2D eigenvalue weighted by atomic mass is 10.1. The molecule has 0 aliphatic carbocycles. The van der Waals surface area contributed by atoms with E-state index in [1.165, 1.54) is 0 Å². The molecule has 0 radical (unpaired) electrons. The van der Waals surface area contributed by atoms with E-state index in [0.29, 0.717) is 45.1 Å². The van der Waals surface area contributed by atoms with Crippen LogP contribution in [0.1, 0.15) is 21.8 Å². The number of rotatable bonds is 8. The second-order valence-electron chi connectivity index (χ2n) is 8.67. The van der Waals surface area contributed by atoms with E-state index in [1.54, 1.807) is 38.3 Å². The number of amides is 1. The smallest absolute Gasteiger partial charge is 0.261 e. The van der Waals surface area contributed by atoms with Crippen molar-refractivity contribution in [2.45, 2.75) is 13.8 Å². The maximum atomic E-state index is 13.1. The molecule has 2 heterocycles. The standard InChI is InChI=1S/C29H25ClN6O3/c1-17-16-25(32-19-12-14-22(38-3)15-13-19)35-29(31-17)34-21-10-8-20(9-11-21)33-28(37)26-18(2)39-36-27(26)23-6-4-5-7-24(23)30/h4-16H,1-3H3,(H,33,37)(H2,31,32,34,35). The lowest BCUT2D eigenvalue weighted by molar-refractivity contribution is 0.102. The summed E-state index contributed by atoms with van der Waals surface area (Å²) in [6.07, 6.45) is 0. The number of carbonyl (C=O) groups is 1. The number of hydrogen-bond donors (Lipinski definition) is 3. The van der Waals surface area contributed by atoms with E-state index in [-0.39, 0.29) is 5.91 Å². The van der Waals surface area contributed by atoms with Crippen molar-refractivity contribution in [3.63, 3.8) is 0 Å². The summed E-state index contributed by atoms with van der Waals surface area (Å²) in [7, 11) is 1.63. The molecule has 39 heavy (non-hydrogen) atoms. The van der Waals surface area contributed by atoms with Crippen LogP contribution in [0.25, 0.3) is 11.3 Å². The number of ether oxygens (including phenoxy) is 1. The molecule has 0 unspecified atom stereocenters. The van der Waals surface area contributed by atoms with E-state index in [2.05, 4.69) is 31.1 Å². The van der Waals surface area contributed by atoms with Crippen LogP contribution in [0.5, 0.6) is 5.75 Å². The van der Waals surface area contributed by atoms with Crippen LogP contribution in [-0.2, 0) is 0 Å². The molecule has 196 valence electrons. The minimum Gasteiger partial charge on any atom is -0.497 e. The zero-order chi connectivity index (χ0) is 27.4. The summed E-state index contributed by atoms with van der Waals surface area (Å²) in [5.74, 6) is 1.92. The molecule has 3 N–H and O–H groups in total. The number of halogens is 1. The highest BCUT2D eigenvalue weighted by Gasteiger charge is 2.23. The molecule has 2 aromatic heterocycles. The van der Waals surface area contributed by atoms with Gasteiger partial charge in [0.25, 0.3) is 5.91 Å². The average molecular weight is 541 g/mol. The fraction of sp³-hybridized carbons (Fsp3) is 0.103. The van der Waals surface area contributed by atoms with E-state index >= 15 is 0 Å². The number of methoxy groups -OCH3 is 1. The minimum absolute atomic E-state index is 0.329. The molecule has 10 heteroatoms. The van der Waals surface area contributed by atoms with Gasteiger partial charge in [0, 0.05) is 34.4 Å². The molecule has 1 amide bonds. The second-order valence-corrected chi connectivity index (χ2v) is 9.08. The van der Waals surface area contributed by atoms with Crippen LogP contribution in [0.3, 0.4) is 0 Å². The van der Waals surface area contributed by atoms with Crippen molar-refractivity contribution < 1.29 is 14.1 Å². The first kappa shape index (κ1) is 25.7. The average Bonchev–Trinajstić information content (AvgIpc) is 3.31. The van der Waals surface area contributed by atoms with E-state index in [4.69, 9.17) is 20.9 Å². The van der Waals surface area contributed by atoms with Crippen LogP contribution in [0, 0.1) is 13.8 Å². The maximum absolute atomic E-state index is 13.1. The third kappa shape index (κ3) is 6.00.